The number of para-hydroxylation sites is 1. The molecule has 0 aliphatic heterocycles. The molecular weight excluding hydrogens is 373 g/mol. The first-order valence-electron chi connectivity index (χ1n) is 8.53. The molecule has 1 atom stereocenters. The van der Waals surface area contributed by atoms with Gasteiger partial charge in [0.25, 0.3) is 5.91 Å². The van der Waals surface area contributed by atoms with E-state index in [2.05, 4.69) is 5.32 Å². The Bertz CT molecular complexity index is 831. The van der Waals surface area contributed by atoms with E-state index >= 15 is 0 Å². The molecule has 0 saturated heterocycles. The Kier molecular flexibility index (Phi) is 5.84. The Labute approximate surface area is 162 Å². The van der Waals surface area contributed by atoms with E-state index in [0.717, 1.165) is 19.3 Å². The number of anilines is 1. The third kappa shape index (κ3) is 4.19. The first-order chi connectivity index (χ1) is 12.5. The van der Waals surface area contributed by atoms with Crippen LogP contribution in [-0.2, 0) is 22.4 Å². The summed E-state index contributed by atoms with van der Waals surface area (Å²) in [5.41, 5.74) is 3.23. The summed E-state index contributed by atoms with van der Waals surface area (Å²) in [4.78, 5) is 24.7. The fraction of sp³-hybridized carbons (Fsp3) is 0.300. The largest absolute Gasteiger partial charge is 0.449 e. The molecule has 0 spiro atoms. The number of nitrogens with one attached hydrogen (secondary N) is 1. The molecule has 3 rings (SSSR count). The maximum Gasteiger partial charge on any atom is 0.338 e. The van der Waals surface area contributed by atoms with Crippen molar-refractivity contribution in [3.8, 4) is 0 Å². The van der Waals surface area contributed by atoms with Crippen molar-refractivity contribution in [2.75, 3.05) is 5.32 Å². The standard InChI is InChI=1S/C20H19Cl2NO3/c1-12(19(24)23-18-16(21)7-4-8-17(18)22)26-20(25)15-10-9-13-5-2-3-6-14(13)11-15/h4,7-12H,2-3,5-6H2,1H3,(H,23,24)/t12-/m1/s1. The van der Waals surface area contributed by atoms with E-state index in [-0.39, 0.29) is 0 Å². The third-order valence-electron chi connectivity index (χ3n) is 4.45. The molecular formula is C20H19Cl2NO3. The Hall–Kier alpha value is -2.04. The van der Waals surface area contributed by atoms with Gasteiger partial charge in [0.15, 0.2) is 6.10 Å². The van der Waals surface area contributed by atoms with Crippen LogP contribution in [0.5, 0.6) is 0 Å². The number of hydrogen-bond acceptors (Lipinski definition) is 3. The van der Waals surface area contributed by atoms with Crippen molar-refractivity contribution in [1.29, 1.82) is 0 Å². The van der Waals surface area contributed by atoms with Crippen LogP contribution >= 0.6 is 23.2 Å². The predicted octanol–water partition coefficient (Wildman–Crippen LogP) is 5.06. The average molecular weight is 392 g/mol. The lowest BCUT2D eigenvalue weighted by molar-refractivity contribution is -0.123. The summed E-state index contributed by atoms with van der Waals surface area (Å²) >= 11 is 12.1. The number of esters is 1. The molecule has 1 aliphatic carbocycles. The number of rotatable bonds is 4. The molecule has 2 aromatic rings. The zero-order valence-corrected chi connectivity index (χ0v) is 15.9. The van der Waals surface area contributed by atoms with Crippen LogP contribution in [0.1, 0.15) is 41.3 Å². The number of amides is 1. The van der Waals surface area contributed by atoms with E-state index in [1.54, 1.807) is 24.3 Å². The van der Waals surface area contributed by atoms with E-state index < -0.39 is 18.0 Å². The summed E-state index contributed by atoms with van der Waals surface area (Å²) in [6.07, 6.45) is 3.34. The van der Waals surface area contributed by atoms with Crippen molar-refractivity contribution in [3.63, 3.8) is 0 Å². The Balaban J connectivity index is 1.66. The highest BCUT2D eigenvalue weighted by molar-refractivity contribution is 6.39. The van der Waals surface area contributed by atoms with E-state index in [4.69, 9.17) is 27.9 Å². The Morgan fingerprint density at radius 1 is 1.04 bits per heavy atom. The smallest absolute Gasteiger partial charge is 0.338 e. The van der Waals surface area contributed by atoms with Crippen LogP contribution < -0.4 is 5.32 Å². The first kappa shape index (κ1) is 18.7. The van der Waals surface area contributed by atoms with Crippen molar-refractivity contribution in [2.24, 2.45) is 0 Å². The van der Waals surface area contributed by atoms with Gasteiger partial charge in [0.05, 0.1) is 21.3 Å². The molecule has 6 heteroatoms. The fourth-order valence-electron chi connectivity index (χ4n) is 2.98. The van der Waals surface area contributed by atoms with Crippen LogP contribution in [0.4, 0.5) is 5.69 Å². The molecule has 26 heavy (non-hydrogen) atoms. The molecule has 0 saturated carbocycles. The fourth-order valence-corrected chi connectivity index (χ4v) is 3.48. The summed E-state index contributed by atoms with van der Waals surface area (Å²) in [5.74, 6) is -1.02. The molecule has 0 bridgehead atoms. The molecule has 4 nitrogen and oxygen atoms in total. The minimum Gasteiger partial charge on any atom is -0.449 e. The molecule has 1 N–H and O–H groups in total. The number of halogens is 2. The normalized spacial score (nSPS) is 14.3. The van der Waals surface area contributed by atoms with Crippen molar-refractivity contribution >= 4 is 40.8 Å². The van der Waals surface area contributed by atoms with Gasteiger partial charge in [0, 0.05) is 0 Å². The molecule has 0 unspecified atom stereocenters. The van der Waals surface area contributed by atoms with Gasteiger partial charge in [-0.3, -0.25) is 4.79 Å². The van der Waals surface area contributed by atoms with Crippen LogP contribution in [-0.4, -0.2) is 18.0 Å². The highest BCUT2D eigenvalue weighted by atomic mass is 35.5. The third-order valence-corrected chi connectivity index (χ3v) is 5.08. The zero-order valence-electron chi connectivity index (χ0n) is 14.4. The quantitative estimate of drug-likeness (QED) is 0.741. The number of hydrogen-bond donors (Lipinski definition) is 1. The van der Waals surface area contributed by atoms with Gasteiger partial charge in [-0.25, -0.2) is 4.79 Å². The Morgan fingerprint density at radius 3 is 2.38 bits per heavy atom. The van der Waals surface area contributed by atoms with Gasteiger partial charge >= 0.3 is 5.97 Å². The van der Waals surface area contributed by atoms with Crippen LogP contribution in [0.15, 0.2) is 36.4 Å². The number of benzene rings is 2. The van der Waals surface area contributed by atoms with Gasteiger partial charge in [-0.1, -0.05) is 35.3 Å². The van der Waals surface area contributed by atoms with E-state index in [9.17, 15) is 9.59 Å². The number of fused-ring (bicyclic) bond motifs is 1. The van der Waals surface area contributed by atoms with Gasteiger partial charge in [0.1, 0.15) is 0 Å². The molecule has 0 heterocycles. The second-order valence-corrected chi connectivity index (χ2v) is 7.14. The minimum absolute atomic E-state index is 0.303. The molecule has 1 aliphatic rings. The summed E-state index contributed by atoms with van der Waals surface area (Å²) in [6, 6.07) is 10.5. The second kappa shape index (κ2) is 8.11. The highest BCUT2D eigenvalue weighted by Gasteiger charge is 2.21. The minimum atomic E-state index is -0.981. The van der Waals surface area contributed by atoms with Gasteiger partial charge in [-0.15, -0.1) is 0 Å². The summed E-state index contributed by atoms with van der Waals surface area (Å²) in [7, 11) is 0. The Morgan fingerprint density at radius 2 is 1.69 bits per heavy atom. The lowest BCUT2D eigenvalue weighted by Crippen LogP contribution is -2.30. The van der Waals surface area contributed by atoms with Gasteiger partial charge in [0.2, 0.25) is 0 Å². The van der Waals surface area contributed by atoms with Crippen LogP contribution in [0.3, 0.4) is 0 Å². The number of carbonyl (C=O) groups is 2. The van der Waals surface area contributed by atoms with E-state index in [0.29, 0.717) is 21.3 Å². The predicted molar refractivity (Wildman–Crippen MR) is 103 cm³/mol. The monoisotopic (exact) mass is 391 g/mol. The number of aryl methyl sites for hydroxylation is 2. The molecule has 1 amide bonds. The van der Waals surface area contributed by atoms with Gasteiger partial charge < -0.3 is 10.1 Å². The summed E-state index contributed by atoms with van der Waals surface area (Å²) in [5, 5.41) is 3.24. The van der Waals surface area contributed by atoms with Crippen molar-refractivity contribution in [1.82, 2.24) is 0 Å². The molecule has 2 aromatic carbocycles. The topological polar surface area (TPSA) is 55.4 Å². The molecule has 0 aromatic heterocycles. The molecule has 0 fully saturated rings. The first-order valence-corrected chi connectivity index (χ1v) is 9.29. The molecule has 0 radical (unpaired) electrons. The molecule has 136 valence electrons. The number of ether oxygens (including phenoxy) is 1. The van der Waals surface area contributed by atoms with Crippen molar-refractivity contribution in [3.05, 3.63) is 63.1 Å². The van der Waals surface area contributed by atoms with E-state index in [1.807, 2.05) is 12.1 Å². The van der Waals surface area contributed by atoms with E-state index in [1.165, 1.54) is 24.5 Å². The maximum absolute atomic E-state index is 12.4. The lowest BCUT2D eigenvalue weighted by atomic mass is 9.90. The maximum atomic E-state index is 12.4. The summed E-state index contributed by atoms with van der Waals surface area (Å²) < 4.78 is 5.30. The van der Waals surface area contributed by atoms with Gasteiger partial charge in [-0.2, -0.15) is 0 Å². The van der Waals surface area contributed by atoms with Crippen LogP contribution in [0.2, 0.25) is 10.0 Å². The average Bonchev–Trinajstić information content (AvgIpc) is 2.64. The highest BCUT2D eigenvalue weighted by Crippen LogP contribution is 2.30. The SMILES string of the molecule is C[C@@H](OC(=O)c1ccc2c(c1)CCCC2)C(=O)Nc1c(Cl)cccc1Cl. The van der Waals surface area contributed by atoms with Crippen molar-refractivity contribution in [2.45, 2.75) is 38.7 Å². The van der Waals surface area contributed by atoms with Crippen molar-refractivity contribution < 1.29 is 14.3 Å². The van der Waals surface area contributed by atoms with Crippen LogP contribution in [0.25, 0.3) is 0 Å². The van der Waals surface area contributed by atoms with Crippen LogP contribution in [0, 0.1) is 0 Å². The number of carbonyl (C=O) groups excluding carboxylic acids is 2. The lowest BCUT2D eigenvalue weighted by Gasteiger charge is -2.18. The second-order valence-electron chi connectivity index (χ2n) is 6.32. The van der Waals surface area contributed by atoms with Gasteiger partial charge in [-0.05, 0) is 68.0 Å². The summed E-state index contributed by atoms with van der Waals surface area (Å²) in [6.45, 7) is 1.51. The zero-order chi connectivity index (χ0) is 18.7.